The van der Waals surface area contributed by atoms with Gasteiger partial charge in [0.05, 0.1) is 24.5 Å². The molecule has 0 bridgehead atoms. The van der Waals surface area contributed by atoms with Crippen molar-refractivity contribution in [1.29, 1.82) is 0 Å². The van der Waals surface area contributed by atoms with Crippen LogP contribution in [0.1, 0.15) is 49.9 Å². The smallest absolute Gasteiger partial charge is 0.303 e. The molecule has 0 aliphatic rings. The number of carboxylic acids is 2. The first-order valence-electron chi connectivity index (χ1n) is 11.8. The van der Waals surface area contributed by atoms with Gasteiger partial charge in [-0.25, -0.2) is 9.97 Å². The molecule has 10 heteroatoms. The van der Waals surface area contributed by atoms with Gasteiger partial charge in [0.2, 0.25) is 0 Å². The lowest BCUT2D eigenvalue weighted by Crippen LogP contribution is -2.08. The Balaban J connectivity index is 0.000000257. The molecule has 0 saturated heterocycles. The highest BCUT2D eigenvalue weighted by Gasteiger charge is 2.13. The zero-order valence-corrected chi connectivity index (χ0v) is 20.0. The van der Waals surface area contributed by atoms with Crippen molar-refractivity contribution in [2.45, 2.75) is 51.6 Å². The number of carboxylic acid groups (broad SMARTS) is 2. The summed E-state index contributed by atoms with van der Waals surface area (Å²) < 4.78 is 4.11. The van der Waals surface area contributed by atoms with Crippen molar-refractivity contribution in [1.82, 2.24) is 29.1 Å². The molecule has 4 heterocycles. The van der Waals surface area contributed by atoms with Crippen LogP contribution in [0.4, 0.5) is 0 Å². The van der Waals surface area contributed by atoms with Crippen molar-refractivity contribution in [2.75, 3.05) is 0 Å². The van der Waals surface area contributed by atoms with Crippen LogP contribution in [-0.2, 0) is 22.7 Å². The van der Waals surface area contributed by atoms with Crippen LogP contribution in [0.15, 0.2) is 73.6 Å². The van der Waals surface area contributed by atoms with Crippen molar-refractivity contribution in [3.05, 3.63) is 85.0 Å². The molecule has 0 atom stereocenters. The van der Waals surface area contributed by atoms with E-state index in [0.717, 1.165) is 35.9 Å². The molecule has 0 radical (unpaired) electrons. The molecule has 0 amide bonds. The summed E-state index contributed by atoms with van der Waals surface area (Å²) >= 11 is 0. The molecule has 36 heavy (non-hydrogen) atoms. The fourth-order valence-corrected chi connectivity index (χ4v) is 3.52. The number of hydrogen-bond acceptors (Lipinski definition) is 6. The second-order valence-electron chi connectivity index (χ2n) is 8.10. The molecule has 2 N–H and O–H groups in total. The lowest BCUT2D eigenvalue weighted by atomic mass is 10.1. The van der Waals surface area contributed by atoms with Gasteiger partial charge in [-0.2, -0.15) is 0 Å². The van der Waals surface area contributed by atoms with E-state index >= 15 is 0 Å². The summed E-state index contributed by atoms with van der Waals surface area (Å²) in [6, 6.07) is 11.8. The number of carbonyl (C=O) groups is 2. The lowest BCUT2D eigenvalue weighted by Gasteiger charge is -2.10. The van der Waals surface area contributed by atoms with E-state index in [1.807, 2.05) is 48.8 Å². The number of nitrogens with zero attached hydrogens (tertiary/aromatic N) is 6. The summed E-state index contributed by atoms with van der Waals surface area (Å²) in [4.78, 5) is 37.8. The largest absolute Gasteiger partial charge is 0.481 e. The van der Waals surface area contributed by atoms with Crippen molar-refractivity contribution >= 4 is 11.9 Å². The van der Waals surface area contributed by atoms with E-state index in [4.69, 9.17) is 10.2 Å². The molecule has 0 unspecified atom stereocenters. The zero-order chi connectivity index (χ0) is 25.6. The molecule has 188 valence electrons. The number of aliphatic carboxylic acids is 2. The van der Waals surface area contributed by atoms with Gasteiger partial charge in [0.15, 0.2) is 11.6 Å². The van der Waals surface area contributed by atoms with E-state index in [9.17, 15) is 9.59 Å². The summed E-state index contributed by atoms with van der Waals surface area (Å²) in [6.07, 6.45) is 14.4. The predicted molar refractivity (Wildman–Crippen MR) is 133 cm³/mol. The fourth-order valence-electron chi connectivity index (χ4n) is 3.52. The van der Waals surface area contributed by atoms with Gasteiger partial charge in [0.25, 0.3) is 0 Å². The number of hydrogen-bond donors (Lipinski definition) is 2. The van der Waals surface area contributed by atoms with Gasteiger partial charge in [-0.05, 0) is 37.1 Å². The van der Waals surface area contributed by atoms with Gasteiger partial charge in [-0.3, -0.25) is 19.6 Å². The number of unbranched alkanes of at least 4 members (excludes halogenated alkanes) is 3. The van der Waals surface area contributed by atoms with Crippen LogP contribution < -0.4 is 0 Å². The summed E-state index contributed by atoms with van der Waals surface area (Å²) in [5, 5.41) is 16.5. The third kappa shape index (κ3) is 8.79. The SMILES string of the molecule is O=C(O)CCCCCCC(=O)O.c1ccc(Cn2ccnc2-c2nccn2Cc2ccccn2)nc1. The van der Waals surface area contributed by atoms with Crippen LogP contribution in [0.25, 0.3) is 11.6 Å². The third-order valence-corrected chi connectivity index (χ3v) is 5.28. The zero-order valence-electron chi connectivity index (χ0n) is 20.0. The number of pyridine rings is 2. The van der Waals surface area contributed by atoms with E-state index in [0.29, 0.717) is 25.9 Å². The summed E-state index contributed by atoms with van der Waals surface area (Å²) in [5.41, 5.74) is 1.97. The van der Waals surface area contributed by atoms with Gasteiger partial charge in [0.1, 0.15) is 0 Å². The van der Waals surface area contributed by atoms with E-state index in [2.05, 4.69) is 29.1 Å². The van der Waals surface area contributed by atoms with Gasteiger partial charge < -0.3 is 19.3 Å². The Bertz CT molecular complexity index is 1110. The quantitative estimate of drug-likeness (QED) is 0.283. The molecule has 0 aliphatic heterocycles. The Labute approximate surface area is 209 Å². The maximum atomic E-state index is 10.0. The second-order valence-corrected chi connectivity index (χ2v) is 8.10. The Morgan fingerprint density at radius 3 is 1.42 bits per heavy atom. The van der Waals surface area contributed by atoms with Gasteiger partial charge in [-0.1, -0.05) is 25.0 Å². The van der Waals surface area contributed by atoms with E-state index < -0.39 is 11.9 Å². The summed E-state index contributed by atoms with van der Waals surface area (Å²) in [5.74, 6) is 0.0737. The van der Waals surface area contributed by atoms with Gasteiger partial charge in [-0.15, -0.1) is 0 Å². The molecule has 0 spiro atoms. The maximum Gasteiger partial charge on any atom is 0.303 e. The molecular weight excluding hydrogens is 460 g/mol. The topological polar surface area (TPSA) is 136 Å². The molecule has 4 rings (SSSR count). The minimum atomic E-state index is -0.784. The van der Waals surface area contributed by atoms with Crippen molar-refractivity contribution in [2.24, 2.45) is 0 Å². The number of rotatable bonds is 12. The molecule has 10 nitrogen and oxygen atoms in total. The Hall–Kier alpha value is -4.34. The Kier molecular flexibility index (Phi) is 10.3. The highest BCUT2D eigenvalue weighted by atomic mass is 16.4. The van der Waals surface area contributed by atoms with Gasteiger partial charge >= 0.3 is 11.9 Å². The standard InChI is InChI=1S/C18H16N6.C8H14O4/c1-3-7-19-15(5-1)13-23-11-9-21-17(23)18-22-10-12-24(18)14-16-6-2-4-8-20-16;9-7(10)5-3-1-2-4-6-8(11)12/h1-12H,13-14H2;1-6H2,(H,9,10)(H,11,12). The second kappa shape index (κ2) is 14.1. The minimum absolute atomic E-state index is 0.188. The molecule has 0 saturated carbocycles. The third-order valence-electron chi connectivity index (χ3n) is 5.28. The minimum Gasteiger partial charge on any atom is -0.481 e. The van der Waals surface area contributed by atoms with Crippen LogP contribution in [0.5, 0.6) is 0 Å². The molecular formula is C26H30N6O4. The Morgan fingerprint density at radius 1 is 0.611 bits per heavy atom. The van der Waals surface area contributed by atoms with Crippen molar-refractivity contribution in [3.8, 4) is 11.6 Å². The van der Waals surface area contributed by atoms with E-state index in [1.165, 1.54) is 0 Å². The van der Waals surface area contributed by atoms with E-state index in [-0.39, 0.29) is 12.8 Å². The predicted octanol–water partition coefficient (Wildman–Crippen LogP) is 4.13. The molecule has 0 aliphatic carbocycles. The highest BCUT2D eigenvalue weighted by molar-refractivity contribution is 5.66. The average molecular weight is 491 g/mol. The summed E-state index contributed by atoms with van der Waals surface area (Å²) in [7, 11) is 0. The van der Waals surface area contributed by atoms with Crippen LogP contribution in [0.2, 0.25) is 0 Å². The van der Waals surface area contributed by atoms with Crippen molar-refractivity contribution < 1.29 is 19.8 Å². The average Bonchev–Trinajstić information content (AvgIpc) is 3.52. The van der Waals surface area contributed by atoms with Crippen molar-refractivity contribution in [3.63, 3.8) is 0 Å². The maximum absolute atomic E-state index is 10.0. The van der Waals surface area contributed by atoms with Crippen LogP contribution in [-0.4, -0.2) is 51.2 Å². The molecule has 4 aromatic heterocycles. The number of aromatic nitrogens is 6. The first-order valence-corrected chi connectivity index (χ1v) is 11.8. The van der Waals surface area contributed by atoms with Crippen LogP contribution >= 0.6 is 0 Å². The number of imidazole rings is 2. The first-order chi connectivity index (χ1) is 17.5. The van der Waals surface area contributed by atoms with Crippen LogP contribution in [0, 0.1) is 0 Å². The molecule has 4 aromatic rings. The Morgan fingerprint density at radius 2 is 1.06 bits per heavy atom. The van der Waals surface area contributed by atoms with Gasteiger partial charge in [0, 0.05) is 50.0 Å². The first kappa shape index (κ1) is 26.3. The van der Waals surface area contributed by atoms with Crippen LogP contribution in [0.3, 0.4) is 0 Å². The molecule has 0 aromatic carbocycles. The normalized spacial score (nSPS) is 10.4. The lowest BCUT2D eigenvalue weighted by molar-refractivity contribution is -0.138. The fraction of sp³-hybridized carbons (Fsp3) is 0.308. The van der Waals surface area contributed by atoms with E-state index in [1.54, 1.807) is 24.8 Å². The monoisotopic (exact) mass is 490 g/mol. The summed E-state index contributed by atoms with van der Waals surface area (Å²) in [6.45, 7) is 1.32. The molecule has 0 fully saturated rings. The highest BCUT2D eigenvalue weighted by Crippen LogP contribution is 2.17.